The Balaban J connectivity index is 0.000000686. The van der Waals surface area contributed by atoms with Gasteiger partial charge in [0, 0.05) is 5.56 Å². The van der Waals surface area contributed by atoms with Crippen LogP contribution in [-0.2, 0) is 0 Å². The van der Waals surface area contributed by atoms with E-state index >= 15 is 0 Å². The van der Waals surface area contributed by atoms with Gasteiger partial charge in [-0.2, -0.15) is 0 Å². The van der Waals surface area contributed by atoms with Crippen molar-refractivity contribution in [2.24, 2.45) is 0 Å². The summed E-state index contributed by atoms with van der Waals surface area (Å²) in [4.78, 5) is 0. The van der Waals surface area contributed by atoms with Crippen molar-refractivity contribution in [1.29, 1.82) is 0 Å². The fraction of sp³-hybridized carbons (Fsp3) is 0.600. The van der Waals surface area contributed by atoms with Gasteiger partial charge in [0.2, 0.25) is 0 Å². The van der Waals surface area contributed by atoms with Crippen LogP contribution in [0.25, 0.3) is 0 Å². The first-order chi connectivity index (χ1) is 8.11. The largest absolute Gasteiger partial charge is 0.264 e. The lowest BCUT2D eigenvalue weighted by atomic mass is 9.90. The summed E-state index contributed by atoms with van der Waals surface area (Å²) in [5, 5.41) is 0. The van der Waals surface area contributed by atoms with E-state index < -0.39 is 6.43 Å². The van der Waals surface area contributed by atoms with Crippen molar-refractivity contribution in [2.75, 3.05) is 0 Å². The maximum absolute atomic E-state index is 12.9. The van der Waals surface area contributed by atoms with Crippen molar-refractivity contribution in [1.82, 2.24) is 0 Å². The Morgan fingerprint density at radius 3 is 2.12 bits per heavy atom. The molecule has 0 amide bonds. The molecule has 0 atom stereocenters. The third-order valence-electron chi connectivity index (χ3n) is 3.00. The van der Waals surface area contributed by atoms with Gasteiger partial charge >= 0.3 is 0 Å². The fourth-order valence-corrected chi connectivity index (χ4v) is 2.21. The molecule has 1 aromatic rings. The van der Waals surface area contributed by atoms with Gasteiger partial charge in [-0.05, 0) is 35.8 Å². The first-order valence-corrected chi connectivity index (χ1v) is 6.52. The van der Waals surface area contributed by atoms with Crippen molar-refractivity contribution in [3.63, 3.8) is 0 Å². The lowest BCUT2D eigenvalue weighted by Gasteiger charge is -2.17. The summed E-state index contributed by atoms with van der Waals surface area (Å²) in [6.45, 7) is 7.99. The van der Waals surface area contributed by atoms with Gasteiger partial charge in [0.25, 0.3) is 6.43 Å². The number of rotatable bonds is 3. The van der Waals surface area contributed by atoms with Crippen molar-refractivity contribution in [2.45, 2.75) is 58.8 Å². The van der Waals surface area contributed by atoms with Crippen molar-refractivity contribution >= 4 is 0 Å². The molecule has 2 rings (SSSR count). The van der Waals surface area contributed by atoms with E-state index in [-0.39, 0.29) is 11.5 Å². The molecule has 0 unspecified atom stereocenters. The van der Waals surface area contributed by atoms with Crippen molar-refractivity contribution < 1.29 is 8.78 Å². The van der Waals surface area contributed by atoms with Crippen molar-refractivity contribution in [3.8, 4) is 0 Å². The van der Waals surface area contributed by atoms with Gasteiger partial charge in [0.05, 0.1) is 0 Å². The highest BCUT2D eigenvalue weighted by Gasteiger charge is 2.29. The molecular weight excluding hydrogens is 218 g/mol. The Labute approximate surface area is 103 Å². The Morgan fingerprint density at radius 2 is 1.71 bits per heavy atom. The second-order valence-corrected chi connectivity index (χ2v) is 4.58. The Kier molecular flexibility index (Phi) is 5.10. The van der Waals surface area contributed by atoms with Crippen LogP contribution in [-0.4, -0.2) is 0 Å². The van der Waals surface area contributed by atoms with E-state index in [4.69, 9.17) is 0 Å². The lowest BCUT2D eigenvalue weighted by Crippen LogP contribution is -2.01. The van der Waals surface area contributed by atoms with Crippen LogP contribution in [0.3, 0.4) is 0 Å². The monoisotopic (exact) mass is 240 g/mol. The molecule has 1 saturated carbocycles. The normalized spacial score (nSPS) is 14.8. The molecule has 17 heavy (non-hydrogen) atoms. The highest BCUT2D eigenvalue weighted by atomic mass is 19.3. The topological polar surface area (TPSA) is 0 Å². The molecule has 0 aliphatic heterocycles. The molecule has 1 aliphatic rings. The van der Waals surface area contributed by atoms with E-state index in [1.54, 1.807) is 12.1 Å². The van der Waals surface area contributed by atoms with Crippen LogP contribution in [0.2, 0.25) is 0 Å². The van der Waals surface area contributed by atoms with Crippen LogP contribution >= 0.6 is 0 Å². The summed E-state index contributed by atoms with van der Waals surface area (Å²) in [6.07, 6.45) is -0.0279. The molecule has 0 heterocycles. The first-order valence-electron chi connectivity index (χ1n) is 6.52. The average molecular weight is 240 g/mol. The molecule has 0 spiro atoms. The SMILES string of the molecule is CC.CC(C)c1c(C(F)F)cccc1C1CC1. The summed E-state index contributed by atoms with van der Waals surface area (Å²) in [5.74, 6) is 0.729. The van der Waals surface area contributed by atoms with Crippen LogP contribution in [0.15, 0.2) is 18.2 Å². The van der Waals surface area contributed by atoms with Gasteiger partial charge < -0.3 is 0 Å². The summed E-state index contributed by atoms with van der Waals surface area (Å²) < 4.78 is 25.7. The molecule has 1 fully saturated rings. The second kappa shape index (κ2) is 6.13. The lowest BCUT2D eigenvalue weighted by molar-refractivity contribution is 0.149. The molecule has 1 aliphatic carbocycles. The van der Waals surface area contributed by atoms with Gasteiger partial charge in [-0.15, -0.1) is 0 Å². The number of alkyl halides is 2. The molecule has 0 radical (unpaired) electrons. The second-order valence-electron chi connectivity index (χ2n) is 4.58. The van der Waals surface area contributed by atoms with E-state index in [0.717, 1.165) is 24.0 Å². The quantitative estimate of drug-likeness (QED) is 0.640. The standard InChI is InChI=1S/C13H16F2.C2H6/c1-8(2)12-10(9-6-7-9)4-3-5-11(12)13(14)15;1-2/h3-5,8-9,13H,6-7H2,1-2H3;1-2H3. The van der Waals surface area contributed by atoms with Crippen molar-refractivity contribution in [3.05, 3.63) is 34.9 Å². The fourth-order valence-electron chi connectivity index (χ4n) is 2.21. The number of hydrogen-bond donors (Lipinski definition) is 0. The molecule has 0 nitrogen and oxygen atoms in total. The first kappa shape index (κ1) is 14.1. The smallest absolute Gasteiger partial charge is 0.205 e. The van der Waals surface area contributed by atoms with E-state index in [0.29, 0.717) is 5.92 Å². The molecule has 96 valence electrons. The van der Waals surface area contributed by atoms with E-state index in [1.807, 2.05) is 33.8 Å². The summed E-state index contributed by atoms with van der Waals surface area (Å²) >= 11 is 0. The number of hydrogen-bond acceptors (Lipinski definition) is 0. The molecule has 0 bridgehead atoms. The van der Waals surface area contributed by atoms with E-state index in [1.165, 1.54) is 0 Å². The van der Waals surface area contributed by atoms with Crippen LogP contribution in [0.1, 0.15) is 75.5 Å². The Morgan fingerprint density at radius 1 is 1.12 bits per heavy atom. The minimum Gasteiger partial charge on any atom is -0.205 e. The zero-order valence-electron chi connectivity index (χ0n) is 11.1. The summed E-state index contributed by atoms with van der Waals surface area (Å²) in [6, 6.07) is 5.34. The predicted octanol–water partition coefficient (Wildman–Crippen LogP) is 5.65. The van der Waals surface area contributed by atoms with Crippen LogP contribution in [0.5, 0.6) is 0 Å². The molecule has 2 heteroatoms. The molecular formula is C15H22F2. The predicted molar refractivity (Wildman–Crippen MR) is 68.8 cm³/mol. The highest BCUT2D eigenvalue weighted by molar-refractivity contribution is 5.42. The third kappa shape index (κ3) is 3.27. The maximum Gasteiger partial charge on any atom is 0.264 e. The van der Waals surface area contributed by atoms with E-state index in [2.05, 4.69) is 0 Å². The number of benzene rings is 1. The molecule has 0 aromatic heterocycles. The zero-order valence-corrected chi connectivity index (χ0v) is 11.1. The Bertz CT molecular complexity index is 332. The molecule has 0 N–H and O–H groups in total. The van der Waals surface area contributed by atoms with Crippen LogP contribution in [0, 0.1) is 0 Å². The van der Waals surface area contributed by atoms with Gasteiger partial charge in [-0.25, -0.2) is 8.78 Å². The highest BCUT2D eigenvalue weighted by Crippen LogP contribution is 2.45. The van der Waals surface area contributed by atoms with Gasteiger partial charge in [-0.3, -0.25) is 0 Å². The minimum atomic E-state index is -2.35. The maximum atomic E-state index is 12.9. The molecule has 1 aromatic carbocycles. The third-order valence-corrected chi connectivity index (χ3v) is 3.00. The zero-order chi connectivity index (χ0) is 13.0. The minimum absolute atomic E-state index is 0.186. The van der Waals surface area contributed by atoms with Gasteiger partial charge in [-0.1, -0.05) is 45.9 Å². The van der Waals surface area contributed by atoms with E-state index in [9.17, 15) is 8.78 Å². The van der Waals surface area contributed by atoms with Crippen LogP contribution in [0.4, 0.5) is 8.78 Å². The summed E-state index contributed by atoms with van der Waals surface area (Å²) in [7, 11) is 0. The van der Waals surface area contributed by atoms with Gasteiger partial charge in [0.1, 0.15) is 0 Å². The average Bonchev–Trinajstić information content (AvgIpc) is 3.14. The van der Waals surface area contributed by atoms with Gasteiger partial charge in [0.15, 0.2) is 0 Å². The molecule has 0 saturated heterocycles. The summed E-state index contributed by atoms with van der Waals surface area (Å²) in [5.41, 5.74) is 2.27. The Hall–Kier alpha value is -0.920. The van der Waals surface area contributed by atoms with Crippen LogP contribution < -0.4 is 0 Å². The number of halogens is 2.